The molecule has 0 aliphatic carbocycles. The molecule has 0 unspecified atom stereocenters. The van der Waals surface area contributed by atoms with Gasteiger partial charge in [0, 0.05) is 18.2 Å². The Morgan fingerprint density at radius 3 is 2.53 bits per heavy atom. The van der Waals surface area contributed by atoms with Gasteiger partial charge in [0.25, 0.3) is 0 Å². The first-order valence-electron chi connectivity index (χ1n) is 6.13. The smallest absolute Gasteiger partial charge is 0.0932 e. The Morgan fingerprint density at radius 2 is 2.06 bits per heavy atom. The van der Waals surface area contributed by atoms with E-state index in [9.17, 15) is 5.11 Å². The standard InChI is InChI=1S/C14H24N2O/c1-5-14(17,11(2)10-16(3)4)12-7-6-8-13(15)9-12/h6-9,11,17H,5,10,15H2,1-4H3/t11-,14+/m0/s1. The molecule has 1 rings (SSSR count). The summed E-state index contributed by atoms with van der Waals surface area (Å²) in [5.41, 5.74) is 6.60. The third kappa shape index (κ3) is 3.20. The first kappa shape index (κ1) is 14.0. The summed E-state index contributed by atoms with van der Waals surface area (Å²) < 4.78 is 0. The zero-order chi connectivity index (χ0) is 13.1. The van der Waals surface area contributed by atoms with E-state index < -0.39 is 5.60 Å². The van der Waals surface area contributed by atoms with Crippen LogP contribution in [0.2, 0.25) is 0 Å². The fourth-order valence-corrected chi connectivity index (χ4v) is 2.34. The van der Waals surface area contributed by atoms with Crippen molar-refractivity contribution in [3.05, 3.63) is 29.8 Å². The Labute approximate surface area is 104 Å². The van der Waals surface area contributed by atoms with Crippen LogP contribution in [0.5, 0.6) is 0 Å². The minimum atomic E-state index is -0.806. The van der Waals surface area contributed by atoms with E-state index in [1.807, 2.05) is 45.3 Å². The lowest BCUT2D eigenvalue weighted by molar-refractivity contribution is -0.0291. The number of anilines is 1. The van der Waals surface area contributed by atoms with Crippen LogP contribution < -0.4 is 5.73 Å². The van der Waals surface area contributed by atoms with Gasteiger partial charge in [0.15, 0.2) is 0 Å². The van der Waals surface area contributed by atoms with Crippen molar-refractivity contribution in [2.24, 2.45) is 5.92 Å². The van der Waals surface area contributed by atoms with E-state index in [1.165, 1.54) is 0 Å². The van der Waals surface area contributed by atoms with Crippen LogP contribution in [-0.4, -0.2) is 30.6 Å². The van der Waals surface area contributed by atoms with Crippen molar-refractivity contribution in [1.29, 1.82) is 0 Å². The first-order chi connectivity index (χ1) is 7.90. The molecule has 0 radical (unpaired) electrons. The average molecular weight is 236 g/mol. The molecule has 96 valence electrons. The molecular formula is C14H24N2O. The molecule has 0 fully saturated rings. The molecular weight excluding hydrogens is 212 g/mol. The maximum atomic E-state index is 10.9. The average Bonchev–Trinajstić information content (AvgIpc) is 2.27. The van der Waals surface area contributed by atoms with Gasteiger partial charge in [0.1, 0.15) is 0 Å². The molecule has 0 aromatic heterocycles. The van der Waals surface area contributed by atoms with E-state index in [0.29, 0.717) is 12.1 Å². The SMILES string of the molecule is CC[C@](O)(c1cccc(N)c1)[C@@H](C)CN(C)C. The molecule has 1 aromatic carbocycles. The third-order valence-corrected chi connectivity index (χ3v) is 3.38. The Kier molecular flexibility index (Phi) is 4.54. The summed E-state index contributed by atoms with van der Waals surface area (Å²) in [5.74, 6) is 0.157. The Bertz CT molecular complexity index is 365. The summed E-state index contributed by atoms with van der Waals surface area (Å²) in [5, 5.41) is 10.9. The predicted molar refractivity (Wildman–Crippen MR) is 72.8 cm³/mol. The Hall–Kier alpha value is -1.06. The number of hydrogen-bond acceptors (Lipinski definition) is 3. The minimum Gasteiger partial charge on any atom is -0.399 e. The van der Waals surface area contributed by atoms with Gasteiger partial charge in [-0.1, -0.05) is 26.0 Å². The van der Waals surface area contributed by atoms with Crippen LogP contribution in [0.3, 0.4) is 0 Å². The van der Waals surface area contributed by atoms with E-state index in [0.717, 1.165) is 12.1 Å². The van der Waals surface area contributed by atoms with Crippen LogP contribution in [0.4, 0.5) is 5.69 Å². The van der Waals surface area contributed by atoms with Gasteiger partial charge in [-0.2, -0.15) is 0 Å². The van der Waals surface area contributed by atoms with Gasteiger partial charge in [0.05, 0.1) is 5.60 Å². The molecule has 0 amide bonds. The van der Waals surface area contributed by atoms with Gasteiger partial charge < -0.3 is 15.7 Å². The van der Waals surface area contributed by atoms with Crippen molar-refractivity contribution in [3.8, 4) is 0 Å². The number of aliphatic hydroxyl groups is 1. The predicted octanol–water partition coefficient (Wildman–Crippen LogP) is 2.06. The third-order valence-electron chi connectivity index (χ3n) is 3.38. The lowest BCUT2D eigenvalue weighted by Crippen LogP contribution is -2.38. The van der Waals surface area contributed by atoms with Crippen molar-refractivity contribution in [2.75, 3.05) is 26.4 Å². The van der Waals surface area contributed by atoms with Crippen LogP contribution in [-0.2, 0) is 5.60 Å². The number of hydrogen-bond donors (Lipinski definition) is 2. The van der Waals surface area contributed by atoms with Crippen molar-refractivity contribution < 1.29 is 5.11 Å². The first-order valence-corrected chi connectivity index (χ1v) is 6.13. The van der Waals surface area contributed by atoms with E-state index >= 15 is 0 Å². The van der Waals surface area contributed by atoms with Gasteiger partial charge in [-0.25, -0.2) is 0 Å². The van der Waals surface area contributed by atoms with E-state index in [1.54, 1.807) is 0 Å². The highest BCUT2D eigenvalue weighted by Gasteiger charge is 2.34. The summed E-state index contributed by atoms with van der Waals surface area (Å²) in [4.78, 5) is 2.09. The molecule has 0 aliphatic rings. The van der Waals surface area contributed by atoms with Crippen LogP contribution >= 0.6 is 0 Å². The van der Waals surface area contributed by atoms with Crippen molar-refractivity contribution in [1.82, 2.24) is 4.90 Å². The summed E-state index contributed by atoms with van der Waals surface area (Å²) >= 11 is 0. The lowest BCUT2D eigenvalue weighted by atomic mass is 9.80. The molecule has 0 bridgehead atoms. The molecule has 0 aliphatic heterocycles. The fraction of sp³-hybridized carbons (Fsp3) is 0.571. The zero-order valence-corrected chi connectivity index (χ0v) is 11.3. The highest BCUT2D eigenvalue weighted by molar-refractivity contribution is 5.42. The van der Waals surface area contributed by atoms with E-state index in [2.05, 4.69) is 11.8 Å². The van der Waals surface area contributed by atoms with Gasteiger partial charge in [-0.15, -0.1) is 0 Å². The maximum absolute atomic E-state index is 10.9. The molecule has 3 nitrogen and oxygen atoms in total. The summed E-state index contributed by atoms with van der Waals surface area (Å²) in [6.45, 7) is 4.93. The largest absolute Gasteiger partial charge is 0.399 e. The van der Waals surface area contributed by atoms with Gasteiger partial charge in [0.2, 0.25) is 0 Å². The van der Waals surface area contributed by atoms with Gasteiger partial charge >= 0.3 is 0 Å². The Morgan fingerprint density at radius 1 is 1.41 bits per heavy atom. The molecule has 0 saturated carbocycles. The number of rotatable bonds is 5. The minimum absolute atomic E-state index is 0.157. The summed E-state index contributed by atoms with van der Waals surface area (Å²) in [6.07, 6.45) is 0.686. The Balaban J connectivity index is 3.02. The fourth-order valence-electron chi connectivity index (χ4n) is 2.34. The molecule has 0 spiro atoms. The van der Waals surface area contributed by atoms with Crippen LogP contribution in [0.15, 0.2) is 24.3 Å². The molecule has 1 aromatic rings. The van der Waals surface area contributed by atoms with E-state index in [-0.39, 0.29) is 5.92 Å². The second-order valence-electron chi connectivity index (χ2n) is 5.07. The number of nitrogens with two attached hydrogens (primary N) is 1. The van der Waals surface area contributed by atoms with Crippen LogP contribution in [0.1, 0.15) is 25.8 Å². The molecule has 2 atom stereocenters. The van der Waals surface area contributed by atoms with Gasteiger partial charge in [-0.05, 0) is 38.2 Å². The molecule has 0 heterocycles. The molecule has 0 saturated heterocycles. The monoisotopic (exact) mass is 236 g/mol. The number of benzene rings is 1. The maximum Gasteiger partial charge on any atom is 0.0932 e. The summed E-state index contributed by atoms with van der Waals surface area (Å²) in [6, 6.07) is 7.56. The number of nitrogens with zero attached hydrogens (tertiary/aromatic N) is 1. The highest BCUT2D eigenvalue weighted by Crippen LogP contribution is 2.34. The summed E-state index contributed by atoms with van der Waals surface area (Å²) in [7, 11) is 4.04. The van der Waals surface area contributed by atoms with E-state index in [4.69, 9.17) is 5.73 Å². The molecule has 3 N–H and O–H groups in total. The van der Waals surface area contributed by atoms with Crippen LogP contribution in [0, 0.1) is 5.92 Å². The van der Waals surface area contributed by atoms with Crippen LogP contribution in [0.25, 0.3) is 0 Å². The van der Waals surface area contributed by atoms with Crippen molar-refractivity contribution in [2.45, 2.75) is 25.9 Å². The normalized spacial score (nSPS) is 16.8. The zero-order valence-electron chi connectivity index (χ0n) is 11.3. The van der Waals surface area contributed by atoms with Crippen molar-refractivity contribution in [3.63, 3.8) is 0 Å². The second-order valence-corrected chi connectivity index (χ2v) is 5.07. The quantitative estimate of drug-likeness (QED) is 0.769. The molecule has 17 heavy (non-hydrogen) atoms. The highest BCUT2D eigenvalue weighted by atomic mass is 16.3. The molecule has 3 heteroatoms. The number of nitrogen functional groups attached to an aromatic ring is 1. The second kappa shape index (κ2) is 5.52. The topological polar surface area (TPSA) is 49.5 Å². The van der Waals surface area contributed by atoms with Crippen molar-refractivity contribution >= 4 is 5.69 Å². The van der Waals surface area contributed by atoms with Gasteiger partial charge in [-0.3, -0.25) is 0 Å². The lowest BCUT2D eigenvalue weighted by Gasteiger charge is -2.35.